The summed E-state index contributed by atoms with van der Waals surface area (Å²) in [6.45, 7) is 1.91. The van der Waals surface area contributed by atoms with Crippen molar-refractivity contribution >= 4 is 36.4 Å². The van der Waals surface area contributed by atoms with Gasteiger partial charge in [-0.25, -0.2) is 4.98 Å². The Balaban J connectivity index is 0.00000128. The first-order chi connectivity index (χ1) is 7.25. The van der Waals surface area contributed by atoms with Gasteiger partial charge in [-0.1, -0.05) is 11.6 Å². The zero-order valence-corrected chi connectivity index (χ0v) is 12.0. The summed E-state index contributed by atoms with van der Waals surface area (Å²) in [5.41, 5.74) is 0. The third kappa shape index (κ3) is 4.88. The smallest absolute Gasteiger partial charge is 0.137 e. The molecule has 1 fully saturated rings. The number of pyridine rings is 1. The van der Waals surface area contributed by atoms with Gasteiger partial charge in [-0.15, -0.1) is 24.8 Å². The molecule has 0 saturated carbocycles. The maximum atomic E-state index is 5.69. The number of ether oxygens (including phenoxy) is 1. The van der Waals surface area contributed by atoms with Crippen molar-refractivity contribution in [2.75, 3.05) is 20.2 Å². The van der Waals surface area contributed by atoms with E-state index in [1.54, 1.807) is 12.3 Å². The van der Waals surface area contributed by atoms with E-state index in [-0.39, 0.29) is 24.8 Å². The Bertz CT molecular complexity index is 321. The van der Waals surface area contributed by atoms with Crippen LogP contribution in [-0.2, 0) is 0 Å². The highest BCUT2D eigenvalue weighted by Gasteiger charge is 2.21. The van der Waals surface area contributed by atoms with E-state index in [9.17, 15) is 0 Å². The fourth-order valence-corrected chi connectivity index (χ4v) is 1.94. The molecule has 0 aliphatic carbocycles. The molecule has 17 heavy (non-hydrogen) atoms. The highest BCUT2D eigenvalue weighted by Crippen LogP contribution is 2.17. The second-order valence-electron chi connectivity index (χ2n) is 3.90. The van der Waals surface area contributed by atoms with E-state index < -0.39 is 0 Å². The number of aromatic nitrogens is 1. The van der Waals surface area contributed by atoms with Crippen molar-refractivity contribution in [1.29, 1.82) is 0 Å². The van der Waals surface area contributed by atoms with Crippen molar-refractivity contribution in [2.24, 2.45) is 0 Å². The fourth-order valence-electron chi connectivity index (χ4n) is 1.83. The van der Waals surface area contributed by atoms with Gasteiger partial charge in [0.25, 0.3) is 0 Å². The molecule has 0 spiro atoms. The second-order valence-corrected chi connectivity index (χ2v) is 4.29. The van der Waals surface area contributed by atoms with Crippen molar-refractivity contribution in [3.05, 3.63) is 23.5 Å². The molecular formula is C11H17Cl3N2O. The maximum Gasteiger partial charge on any atom is 0.137 e. The van der Waals surface area contributed by atoms with Gasteiger partial charge in [0.15, 0.2) is 0 Å². The number of halogens is 3. The van der Waals surface area contributed by atoms with Crippen molar-refractivity contribution in [3.8, 4) is 5.75 Å². The molecule has 0 radical (unpaired) electrons. The Morgan fingerprint density at radius 1 is 1.47 bits per heavy atom. The lowest BCUT2D eigenvalue weighted by molar-refractivity contribution is 0.198. The van der Waals surface area contributed by atoms with Crippen LogP contribution in [0.4, 0.5) is 0 Å². The first-order valence-electron chi connectivity index (χ1n) is 5.20. The number of likely N-dealkylation sites (tertiary alicyclic amines) is 1. The molecule has 6 heteroatoms. The normalized spacial score (nSPS) is 19.3. The molecule has 1 saturated heterocycles. The van der Waals surface area contributed by atoms with Crippen LogP contribution in [0.2, 0.25) is 5.15 Å². The van der Waals surface area contributed by atoms with Gasteiger partial charge in [-0.2, -0.15) is 0 Å². The predicted octanol–water partition coefficient (Wildman–Crippen LogP) is 3.05. The molecule has 3 nitrogen and oxygen atoms in total. The van der Waals surface area contributed by atoms with Crippen molar-refractivity contribution < 1.29 is 4.74 Å². The minimum absolute atomic E-state index is 0. The Morgan fingerprint density at radius 2 is 2.24 bits per heavy atom. The van der Waals surface area contributed by atoms with Gasteiger partial charge >= 0.3 is 0 Å². The molecule has 1 atom stereocenters. The molecule has 0 bridgehead atoms. The average molecular weight is 300 g/mol. The number of rotatable bonds is 3. The molecule has 0 unspecified atom stereocenters. The van der Waals surface area contributed by atoms with Crippen LogP contribution < -0.4 is 4.74 Å². The summed E-state index contributed by atoms with van der Waals surface area (Å²) in [6.07, 6.45) is 4.15. The van der Waals surface area contributed by atoms with Gasteiger partial charge in [0.2, 0.25) is 0 Å². The van der Waals surface area contributed by atoms with E-state index in [1.165, 1.54) is 19.4 Å². The van der Waals surface area contributed by atoms with Gasteiger partial charge in [-0.3, -0.25) is 0 Å². The number of hydrogen-bond donors (Lipinski definition) is 0. The van der Waals surface area contributed by atoms with Crippen LogP contribution in [0.25, 0.3) is 0 Å². The zero-order valence-electron chi connectivity index (χ0n) is 9.63. The van der Waals surface area contributed by atoms with E-state index in [2.05, 4.69) is 16.9 Å². The highest BCUT2D eigenvalue weighted by molar-refractivity contribution is 6.29. The molecule has 1 aliphatic heterocycles. The van der Waals surface area contributed by atoms with Crippen LogP contribution in [0.3, 0.4) is 0 Å². The Hall–Kier alpha value is -0.220. The quantitative estimate of drug-likeness (QED) is 0.802. The number of likely N-dealkylation sites (N-methyl/N-ethyl adjacent to an activating group) is 1. The molecule has 98 valence electrons. The van der Waals surface area contributed by atoms with Crippen molar-refractivity contribution in [2.45, 2.75) is 18.9 Å². The van der Waals surface area contributed by atoms with Crippen LogP contribution in [0.15, 0.2) is 18.3 Å². The summed E-state index contributed by atoms with van der Waals surface area (Å²) in [5.74, 6) is 0.791. The highest BCUT2D eigenvalue weighted by atomic mass is 35.5. The van der Waals surface area contributed by atoms with Crippen LogP contribution in [0.5, 0.6) is 5.75 Å². The fraction of sp³-hybridized carbons (Fsp3) is 0.545. The van der Waals surface area contributed by atoms with E-state index in [0.29, 0.717) is 11.2 Å². The molecule has 1 aromatic rings. The molecule has 0 amide bonds. The average Bonchev–Trinajstić information content (AvgIpc) is 2.63. The van der Waals surface area contributed by atoms with Gasteiger partial charge in [0, 0.05) is 6.04 Å². The molecule has 1 aliphatic rings. The largest absolute Gasteiger partial charge is 0.490 e. The standard InChI is InChI=1S/C11H15ClN2O.2ClH/c1-14-6-2-3-9(14)8-15-10-4-5-11(12)13-7-10;;/h4-5,7,9H,2-3,6,8H2,1H3;2*1H/t9-;;/m0../s1. The summed E-state index contributed by atoms with van der Waals surface area (Å²) in [5, 5.41) is 0.500. The monoisotopic (exact) mass is 298 g/mol. The summed E-state index contributed by atoms with van der Waals surface area (Å²) in [7, 11) is 2.14. The number of nitrogens with zero attached hydrogens (tertiary/aromatic N) is 2. The maximum absolute atomic E-state index is 5.69. The molecule has 0 aromatic carbocycles. The zero-order chi connectivity index (χ0) is 10.7. The number of hydrogen-bond acceptors (Lipinski definition) is 3. The molecule has 1 aromatic heterocycles. The van der Waals surface area contributed by atoms with Crippen molar-refractivity contribution in [3.63, 3.8) is 0 Å². The van der Waals surface area contributed by atoms with Crippen LogP contribution in [0, 0.1) is 0 Å². The van der Waals surface area contributed by atoms with Crippen LogP contribution in [-0.4, -0.2) is 36.1 Å². The minimum atomic E-state index is 0. The molecule has 2 heterocycles. The van der Waals surface area contributed by atoms with E-state index in [1.807, 2.05) is 6.07 Å². The van der Waals surface area contributed by atoms with E-state index >= 15 is 0 Å². The van der Waals surface area contributed by atoms with Gasteiger partial charge < -0.3 is 9.64 Å². The first-order valence-corrected chi connectivity index (χ1v) is 5.58. The summed E-state index contributed by atoms with van der Waals surface area (Å²) in [6, 6.07) is 4.14. The lowest BCUT2D eigenvalue weighted by Gasteiger charge is -2.19. The predicted molar refractivity (Wildman–Crippen MR) is 74.9 cm³/mol. The lowest BCUT2D eigenvalue weighted by Crippen LogP contribution is -2.30. The van der Waals surface area contributed by atoms with Crippen LogP contribution >= 0.6 is 36.4 Å². The third-order valence-corrected chi connectivity index (χ3v) is 3.04. The second kappa shape index (κ2) is 7.98. The van der Waals surface area contributed by atoms with E-state index in [4.69, 9.17) is 16.3 Å². The third-order valence-electron chi connectivity index (χ3n) is 2.81. The summed E-state index contributed by atoms with van der Waals surface area (Å²) >= 11 is 5.69. The van der Waals surface area contributed by atoms with Gasteiger partial charge in [-0.05, 0) is 38.6 Å². The Labute approximate surface area is 119 Å². The topological polar surface area (TPSA) is 25.4 Å². The Morgan fingerprint density at radius 3 is 2.76 bits per heavy atom. The SMILES string of the molecule is CN1CCC[C@H]1COc1ccc(Cl)nc1.Cl.Cl. The van der Waals surface area contributed by atoms with Crippen LogP contribution in [0.1, 0.15) is 12.8 Å². The molecular weight excluding hydrogens is 282 g/mol. The molecule has 0 N–H and O–H groups in total. The van der Waals surface area contributed by atoms with E-state index in [0.717, 1.165) is 12.4 Å². The minimum Gasteiger partial charge on any atom is -0.490 e. The van der Waals surface area contributed by atoms with Gasteiger partial charge in [0.05, 0.1) is 6.20 Å². The van der Waals surface area contributed by atoms with Crippen molar-refractivity contribution in [1.82, 2.24) is 9.88 Å². The molecule has 2 rings (SSSR count). The van der Waals surface area contributed by atoms with Gasteiger partial charge in [0.1, 0.15) is 17.5 Å². The first kappa shape index (κ1) is 16.8. The Kier molecular flexibility index (Phi) is 7.88. The summed E-state index contributed by atoms with van der Waals surface area (Å²) in [4.78, 5) is 6.31. The lowest BCUT2D eigenvalue weighted by atomic mass is 10.2. The summed E-state index contributed by atoms with van der Waals surface area (Å²) < 4.78 is 5.65.